The molecule has 0 aromatic carbocycles. The highest BCUT2D eigenvalue weighted by molar-refractivity contribution is 5.93. The van der Waals surface area contributed by atoms with Gasteiger partial charge < -0.3 is 20.1 Å². The van der Waals surface area contributed by atoms with Gasteiger partial charge in [0.1, 0.15) is 5.82 Å². The number of nitrogens with two attached hydrogens (primary N) is 1. The molecule has 90 valence electrons. The van der Waals surface area contributed by atoms with Gasteiger partial charge in [-0.3, -0.25) is 0 Å². The summed E-state index contributed by atoms with van der Waals surface area (Å²) in [4.78, 5) is 8.26. The Morgan fingerprint density at radius 2 is 2.18 bits per heavy atom. The van der Waals surface area contributed by atoms with E-state index in [0.717, 1.165) is 12.2 Å². The van der Waals surface area contributed by atoms with Crippen LogP contribution in [0.15, 0.2) is 29.9 Å². The first-order valence-corrected chi connectivity index (χ1v) is 5.17. The van der Waals surface area contributed by atoms with Crippen molar-refractivity contribution in [1.29, 1.82) is 0 Å². The molecule has 0 saturated heterocycles. The van der Waals surface area contributed by atoms with Crippen molar-refractivity contribution in [3.63, 3.8) is 0 Å². The molecule has 0 aliphatic carbocycles. The fraction of sp³-hybridized carbons (Fsp3) is 0.300. The lowest BCUT2D eigenvalue weighted by Gasteiger charge is -2.06. The van der Waals surface area contributed by atoms with E-state index in [4.69, 9.17) is 10.9 Å². The number of hydrogen-bond acceptors (Lipinski definition) is 4. The lowest BCUT2D eigenvalue weighted by Crippen LogP contribution is -2.20. The number of amidine groups is 1. The Labute approximate surface area is 98.2 Å². The number of aromatic nitrogens is 4. The molecule has 0 spiro atoms. The molecule has 0 aliphatic rings. The first-order valence-electron chi connectivity index (χ1n) is 5.17. The number of imidazole rings is 2. The van der Waals surface area contributed by atoms with Gasteiger partial charge in [0.25, 0.3) is 0 Å². The molecule has 0 bridgehead atoms. The first-order chi connectivity index (χ1) is 8.22. The van der Waals surface area contributed by atoms with E-state index < -0.39 is 0 Å². The molecule has 2 aromatic heterocycles. The monoisotopic (exact) mass is 234 g/mol. The van der Waals surface area contributed by atoms with Crippen molar-refractivity contribution in [2.24, 2.45) is 17.9 Å². The zero-order valence-corrected chi connectivity index (χ0v) is 9.48. The van der Waals surface area contributed by atoms with E-state index in [-0.39, 0.29) is 5.84 Å². The molecule has 3 N–H and O–H groups in total. The van der Waals surface area contributed by atoms with Crippen molar-refractivity contribution < 1.29 is 5.21 Å². The highest BCUT2D eigenvalue weighted by Gasteiger charge is 2.08. The van der Waals surface area contributed by atoms with Gasteiger partial charge in [-0.05, 0) is 0 Å². The smallest absolute Gasteiger partial charge is 0.206 e. The molecule has 0 aliphatic heterocycles. The summed E-state index contributed by atoms with van der Waals surface area (Å²) in [6.07, 6.45) is 7.81. The molecule has 2 heterocycles. The van der Waals surface area contributed by atoms with Crippen LogP contribution in [-0.2, 0) is 20.0 Å². The van der Waals surface area contributed by atoms with Crippen LogP contribution in [0.2, 0.25) is 0 Å². The second-order valence-corrected chi connectivity index (χ2v) is 3.63. The standard InChI is InChI=1S/C10H14N6O/c1-15-6-3-12-8(15)2-5-16-7-4-13-10(16)9(11)14-17/h3-4,6-7,17H,2,5H2,1H3,(H2,11,14). The van der Waals surface area contributed by atoms with Crippen molar-refractivity contribution in [3.05, 3.63) is 36.4 Å². The molecule has 0 amide bonds. The van der Waals surface area contributed by atoms with Crippen LogP contribution in [0.1, 0.15) is 11.6 Å². The van der Waals surface area contributed by atoms with Gasteiger partial charge in [-0.1, -0.05) is 5.16 Å². The van der Waals surface area contributed by atoms with Gasteiger partial charge in [0.15, 0.2) is 5.82 Å². The van der Waals surface area contributed by atoms with Crippen LogP contribution in [0.4, 0.5) is 0 Å². The molecular formula is C10H14N6O. The maximum absolute atomic E-state index is 8.62. The van der Waals surface area contributed by atoms with Crippen molar-refractivity contribution in [2.45, 2.75) is 13.0 Å². The van der Waals surface area contributed by atoms with Crippen LogP contribution < -0.4 is 5.73 Å². The summed E-state index contributed by atoms with van der Waals surface area (Å²) in [6.45, 7) is 0.677. The van der Waals surface area contributed by atoms with Gasteiger partial charge in [-0.15, -0.1) is 0 Å². The predicted molar refractivity (Wildman–Crippen MR) is 61.6 cm³/mol. The maximum Gasteiger partial charge on any atom is 0.206 e. The van der Waals surface area contributed by atoms with E-state index in [9.17, 15) is 0 Å². The summed E-state index contributed by atoms with van der Waals surface area (Å²) in [5.41, 5.74) is 5.51. The largest absolute Gasteiger partial charge is 0.409 e. The molecule has 2 rings (SSSR count). The van der Waals surface area contributed by atoms with E-state index in [2.05, 4.69) is 15.1 Å². The molecule has 7 heteroatoms. The van der Waals surface area contributed by atoms with E-state index in [0.29, 0.717) is 12.4 Å². The second kappa shape index (κ2) is 4.69. The zero-order chi connectivity index (χ0) is 12.3. The summed E-state index contributed by atoms with van der Waals surface area (Å²) >= 11 is 0. The Bertz CT molecular complexity index is 526. The van der Waals surface area contributed by atoms with Crippen LogP contribution in [0.5, 0.6) is 0 Å². The maximum atomic E-state index is 8.62. The van der Waals surface area contributed by atoms with Gasteiger partial charge in [0.2, 0.25) is 5.84 Å². The SMILES string of the molecule is Cn1ccnc1CCn1ccnc1/C(N)=N/O. The van der Waals surface area contributed by atoms with Crippen molar-refractivity contribution in [3.8, 4) is 0 Å². The number of hydrogen-bond donors (Lipinski definition) is 2. The van der Waals surface area contributed by atoms with E-state index in [1.165, 1.54) is 0 Å². The topological polar surface area (TPSA) is 94.2 Å². The van der Waals surface area contributed by atoms with Gasteiger partial charge in [0, 0.05) is 44.8 Å². The van der Waals surface area contributed by atoms with Crippen molar-refractivity contribution >= 4 is 5.84 Å². The summed E-state index contributed by atoms with van der Waals surface area (Å²) in [7, 11) is 1.95. The molecule has 0 atom stereocenters. The van der Waals surface area contributed by atoms with E-state index >= 15 is 0 Å². The van der Waals surface area contributed by atoms with Crippen molar-refractivity contribution in [2.75, 3.05) is 0 Å². The summed E-state index contributed by atoms with van der Waals surface area (Å²) in [5, 5.41) is 11.6. The number of rotatable bonds is 4. The third-order valence-electron chi connectivity index (χ3n) is 2.55. The molecular weight excluding hydrogens is 220 g/mol. The number of nitrogens with zero attached hydrogens (tertiary/aromatic N) is 5. The number of aryl methyl sites for hydroxylation is 3. The second-order valence-electron chi connectivity index (χ2n) is 3.63. The highest BCUT2D eigenvalue weighted by Crippen LogP contribution is 2.02. The number of oxime groups is 1. The van der Waals surface area contributed by atoms with Crippen LogP contribution >= 0.6 is 0 Å². The Hall–Kier alpha value is -2.31. The van der Waals surface area contributed by atoms with Crippen LogP contribution in [0.3, 0.4) is 0 Å². The lowest BCUT2D eigenvalue weighted by molar-refractivity contribution is 0.318. The summed E-state index contributed by atoms with van der Waals surface area (Å²) in [6, 6.07) is 0. The average molecular weight is 234 g/mol. The molecule has 0 radical (unpaired) electrons. The third-order valence-corrected chi connectivity index (χ3v) is 2.55. The zero-order valence-electron chi connectivity index (χ0n) is 9.48. The lowest BCUT2D eigenvalue weighted by atomic mass is 10.4. The van der Waals surface area contributed by atoms with Gasteiger partial charge in [-0.2, -0.15) is 0 Å². The molecule has 0 saturated carbocycles. The fourth-order valence-corrected chi connectivity index (χ4v) is 1.63. The Balaban J connectivity index is 2.10. The molecule has 2 aromatic rings. The Morgan fingerprint density at radius 1 is 1.41 bits per heavy atom. The van der Waals surface area contributed by atoms with Crippen LogP contribution in [0, 0.1) is 0 Å². The Morgan fingerprint density at radius 3 is 2.82 bits per heavy atom. The third kappa shape index (κ3) is 2.27. The van der Waals surface area contributed by atoms with Gasteiger partial charge in [-0.25, -0.2) is 9.97 Å². The molecule has 7 nitrogen and oxygen atoms in total. The molecule has 0 fully saturated rings. The summed E-state index contributed by atoms with van der Waals surface area (Å²) < 4.78 is 3.78. The normalized spacial score (nSPS) is 11.9. The van der Waals surface area contributed by atoms with Crippen LogP contribution in [0.25, 0.3) is 0 Å². The average Bonchev–Trinajstić information content (AvgIpc) is 2.94. The van der Waals surface area contributed by atoms with Gasteiger partial charge in [0.05, 0.1) is 0 Å². The predicted octanol–water partition coefficient (Wildman–Crippen LogP) is -0.0462. The molecule has 0 unspecified atom stereocenters. The first kappa shape index (κ1) is 11.2. The minimum atomic E-state index is 0.00911. The Kier molecular flexibility index (Phi) is 3.08. The minimum Gasteiger partial charge on any atom is -0.409 e. The molecule has 17 heavy (non-hydrogen) atoms. The van der Waals surface area contributed by atoms with E-state index in [1.807, 2.05) is 22.4 Å². The van der Waals surface area contributed by atoms with Crippen molar-refractivity contribution in [1.82, 2.24) is 19.1 Å². The quantitative estimate of drug-likeness (QED) is 0.336. The fourth-order valence-electron chi connectivity index (χ4n) is 1.63. The highest BCUT2D eigenvalue weighted by atomic mass is 16.4. The van der Waals surface area contributed by atoms with Crippen LogP contribution in [-0.4, -0.2) is 30.1 Å². The van der Waals surface area contributed by atoms with E-state index in [1.54, 1.807) is 18.6 Å². The summed E-state index contributed by atoms with van der Waals surface area (Å²) in [5.74, 6) is 1.45. The minimum absolute atomic E-state index is 0.00911. The van der Waals surface area contributed by atoms with Gasteiger partial charge >= 0.3 is 0 Å².